The van der Waals surface area contributed by atoms with Crippen LogP contribution in [0.15, 0.2) is 12.2 Å². The second-order valence-corrected chi connectivity index (χ2v) is 10.6. The molecule has 0 bridgehead atoms. The van der Waals surface area contributed by atoms with Crippen molar-refractivity contribution in [2.24, 2.45) is 23.5 Å². The van der Waals surface area contributed by atoms with E-state index < -0.39 is 72.7 Å². The maximum Gasteiger partial charge on any atom is 0.311 e. The number of carboxylic acids is 1. The highest BCUT2D eigenvalue weighted by atomic mass is 16.7. The number of rotatable bonds is 10. The summed E-state index contributed by atoms with van der Waals surface area (Å²) in [5, 5.41) is 62.2. The third-order valence-corrected chi connectivity index (χ3v) is 6.68. The van der Waals surface area contributed by atoms with Crippen molar-refractivity contribution in [2.45, 2.75) is 115 Å². The molecule has 2 heterocycles. The van der Waals surface area contributed by atoms with E-state index in [-0.39, 0.29) is 31.1 Å². The Morgan fingerprint density at radius 1 is 1.17 bits per heavy atom. The van der Waals surface area contributed by atoms with Gasteiger partial charge in [0, 0.05) is 19.3 Å². The first-order valence-electron chi connectivity index (χ1n) is 12.2. The Labute approximate surface area is 206 Å². The normalized spacial score (nSPS) is 40.4. The van der Waals surface area contributed by atoms with Crippen molar-refractivity contribution in [2.75, 3.05) is 0 Å². The molecule has 0 aromatic rings. The van der Waals surface area contributed by atoms with Crippen LogP contribution in [-0.4, -0.2) is 97.5 Å². The van der Waals surface area contributed by atoms with E-state index in [1.54, 1.807) is 26.8 Å². The molecule has 11 nitrogen and oxygen atoms in total. The second kappa shape index (κ2) is 12.4. The number of carbonyl (C=O) groups is 1. The highest BCUT2D eigenvalue weighted by Crippen LogP contribution is 2.38. The number of ether oxygens (including phenoxy) is 3. The number of aliphatic hydroxyl groups excluding tert-OH is 4. The molecule has 0 saturated carbocycles. The third kappa shape index (κ3) is 7.91. The number of hydrogen-bond donors (Lipinski definition) is 7. The largest absolute Gasteiger partial charge is 0.481 e. The Bertz CT molecular complexity index is 718. The van der Waals surface area contributed by atoms with E-state index in [0.717, 1.165) is 0 Å². The maximum absolute atomic E-state index is 12.0. The number of aliphatic hydroxyl groups is 5. The zero-order valence-electron chi connectivity index (χ0n) is 21.1. The molecular weight excluding hydrogens is 462 g/mol. The summed E-state index contributed by atoms with van der Waals surface area (Å²) in [6, 6.07) is -1.01. The fourth-order valence-electron chi connectivity index (χ4n) is 4.43. The first-order chi connectivity index (χ1) is 16.1. The van der Waals surface area contributed by atoms with Crippen LogP contribution in [0.1, 0.15) is 53.9 Å². The molecule has 0 radical (unpaired) electrons. The SMILES string of the molecule is CC(C)/C=C/[C@@H](C[C@@H]1O[C@](O)(C[C@@H](O)C(C)C)C[C@H](O)[C@H]1C(=O)O)OC1OC(C)C(O)C(N)C1O. The minimum atomic E-state index is -1.94. The third-order valence-electron chi connectivity index (χ3n) is 6.68. The Kier molecular flexibility index (Phi) is 10.7. The minimum absolute atomic E-state index is 0.101. The summed E-state index contributed by atoms with van der Waals surface area (Å²) in [4.78, 5) is 12.0. The molecule has 11 atom stereocenters. The average Bonchev–Trinajstić information content (AvgIpc) is 2.72. The van der Waals surface area contributed by atoms with Gasteiger partial charge in [-0.1, -0.05) is 39.8 Å². The highest BCUT2D eigenvalue weighted by Gasteiger charge is 2.50. The van der Waals surface area contributed by atoms with Gasteiger partial charge in [-0.2, -0.15) is 0 Å². The van der Waals surface area contributed by atoms with Crippen molar-refractivity contribution in [3.05, 3.63) is 12.2 Å². The topological polar surface area (TPSA) is 192 Å². The van der Waals surface area contributed by atoms with Gasteiger partial charge in [0.25, 0.3) is 0 Å². The molecule has 2 saturated heterocycles. The maximum atomic E-state index is 12.0. The molecule has 2 aliphatic rings. The molecule has 204 valence electrons. The number of aliphatic carboxylic acids is 1. The monoisotopic (exact) mass is 505 g/mol. The van der Waals surface area contributed by atoms with E-state index in [1.807, 2.05) is 19.9 Å². The van der Waals surface area contributed by atoms with E-state index in [9.17, 15) is 35.4 Å². The molecule has 2 aliphatic heterocycles. The van der Waals surface area contributed by atoms with Crippen LogP contribution >= 0.6 is 0 Å². The fraction of sp³-hybridized carbons (Fsp3) is 0.875. The fourth-order valence-corrected chi connectivity index (χ4v) is 4.43. The predicted octanol–water partition coefficient (Wildman–Crippen LogP) is -0.286. The van der Waals surface area contributed by atoms with Crippen molar-refractivity contribution in [1.29, 1.82) is 0 Å². The van der Waals surface area contributed by atoms with Gasteiger partial charge in [-0.05, 0) is 18.8 Å². The zero-order valence-corrected chi connectivity index (χ0v) is 21.1. The van der Waals surface area contributed by atoms with Crippen LogP contribution in [0.5, 0.6) is 0 Å². The first kappa shape index (κ1) is 30.1. The van der Waals surface area contributed by atoms with Crippen molar-refractivity contribution in [1.82, 2.24) is 0 Å². The summed E-state index contributed by atoms with van der Waals surface area (Å²) in [5.41, 5.74) is 5.90. The van der Waals surface area contributed by atoms with Gasteiger partial charge in [0.05, 0.1) is 42.7 Å². The lowest BCUT2D eigenvalue weighted by molar-refractivity contribution is -0.309. The molecule has 2 fully saturated rings. The predicted molar refractivity (Wildman–Crippen MR) is 125 cm³/mol. The van der Waals surface area contributed by atoms with Gasteiger partial charge in [0.2, 0.25) is 0 Å². The molecule has 35 heavy (non-hydrogen) atoms. The van der Waals surface area contributed by atoms with Gasteiger partial charge in [-0.3, -0.25) is 4.79 Å². The van der Waals surface area contributed by atoms with Crippen LogP contribution in [0.25, 0.3) is 0 Å². The van der Waals surface area contributed by atoms with E-state index >= 15 is 0 Å². The Morgan fingerprint density at radius 3 is 2.34 bits per heavy atom. The van der Waals surface area contributed by atoms with Crippen LogP contribution in [0.4, 0.5) is 0 Å². The van der Waals surface area contributed by atoms with E-state index in [0.29, 0.717) is 0 Å². The lowest BCUT2D eigenvalue weighted by atomic mass is 9.82. The Morgan fingerprint density at radius 2 is 1.80 bits per heavy atom. The quantitative estimate of drug-likeness (QED) is 0.193. The van der Waals surface area contributed by atoms with Crippen molar-refractivity contribution in [3.8, 4) is 0 Å². The smallest absolute Gasteiger partial charge is 0.311 e. The minimum Gasteiger partial charge on any atom is -0.481 e. The summed E-state index contributed by atoms with van der Waals surface area (Å²) in [5.74, 6) is -4.66. The van der Waals surface area contributed by atoms with Crippen LogP contribution in [0.3, 0.4) is 0 Å². The van der Waals surface area contributed by atoms with Gasteiger partial charge in [0.15, 0.2) is 12.1 Å². The second-order valence-electron chi connectivity index (χ2n) is 10.6. The van der Waals surface area contributed by atoms with E-state index in [4.69, 9.17) is 19.9 Å². The Hall–Kier alpha value is -1.15. The van der Waals surface area contributed by atoms with E-state index in [2.05, 4.69) is 0 Å². The van der Waals surface area contributed by atoms with Crippen LogP contribution < -0.4 is 5.73 Å². The molecule has 11 heteroatoms. The van der Waals surface area contributed by atoms with Gasteiger partial charge in [-0.25, -0.2) is 0 Å². The molecule has 0 amide bonds. The number of hydrogen-bond acceptors (Lipinski definition) is 10. The summed E-state index contributed by atoms with van der Waals surface area (Å²) in [6.45, 7) is 8.99. The van der Waals surface area contributed by atoms with Gasteiger partial charge in [0.1, 0.15) is 12.0 Å². The molecule has 0 spiro atoms. The van der Waals surface area contributed by atoms with Crippen LogP contribution in [0.2, 0.25) is 0 Å². The van der Waals surface area contributed by atoms with Crippen molar-refractivity contribution in [3.63, 3.8) is 0 Å². The number of nitrogens with two attached hydrogens (primary N) is 1. The lowest BCUT2D eigenvalue weighted by Crippen LogP contribution is -2.61. The molecular formula is C24H43NO10. The molecule has 0 aromatic carbocycles. The molecule has 2 rings (SSSR count). The van der Waals surface area contributed by atoms with Crippen molar-refractivity contribution < 1.29 is 49.6 Å². The van der Waals surface area contributed by atoms with Gasteiger partial charge in [-0.15, -0.1) is 0 Å². The molecule has 0 aliphatic carbocycles. The lowest BCUT2D eigenvalue weighted by Gasteiger charge is -2.45. The number of allylic oxidation sites excluding steroid dienone is 1. The zero-order chi connectivity index (χ0) is 26.7. The first-order valence-corrected chi connectivity index (χ1v) is 12.2. The standard InChI is InChI=1S/C24H43NO10/c1-11(2)6-7-14(34-23-21(29)19(25)20(28)13(5)33-23)8-17-18(22(30)31)16(27)10-24(32,35-17)9-15(26)12(3)4/h6-7,11-21,23,26-29,32H,8-10,25H2,1-5H3,(H,30,31)/b7-6+/t13?,14-,15+,16-,17-,18+,19?,20?,21?,23?,24+/m0/s1. The molecule has 0 aromatic heterocycles. The summed E-state index contributed by atoms with van der Waals surface area (Å²) in [6.07, 6.45) is -5.91. The Balaban J connectivity index is 2.29. The van der Waals surface area contributed by atoms with Crippen LogP contribution in [-0.2, 0) is 19.0 Å². The summed E-state index contributed by atoms with van der Waals surface area (Å²) >= 11 is 0. The van der Waals surface area contributed by atoms with Gasteiger partial charge < -0.3 is 50.6 Å². The summed E-state index contributed by atoms with van der Waals surface area (Å²) in [7, 11) is 0. The number of carboxylic acid groups (broad SMARTS) is 1. The highest BCUT2D eigenvalue weighted by molar-refractivity contribution is 5.71. The molecule has 5 unspecified atom stereocenters. The van der Waals surface area contributed by atoms with Gasteiger partial charge >= 0.3 is 5.97 Å². The van der Waals surface area contributed by atoms with Crippen molar-refractivity contribution >= 4 is 5.97 Å². The van der Waals surface area contributed by atoms with E-state index in [1.165, 1.54) is 0 Å². The average molecular weight is 506 g/mol. The summed E-state index contributed by atoms with van der Waals surface area (Å²) < 4.78 is 17.4. The van der Waals surface area contributed by atoms with Crippen LogP contribution in [0, 0.1) is 17.8 Å². The molecule has 8 N–H and O–H groups in total.